The number of carboxylic acid groups (broad SMARTS) is 1. The predicted octanol–water partition coefficient (Wildman–Crippen LogP) is 0.954. The molecule has 1 aliphatic carbocycles. The second-order valence-corrected chi connectivity index (χ2v) is 5.63. The van der Waals surface area contributed by atoms with Gasteiger partial charge in [-0.3, -0.25) is 9.59 Å². The van der Waals surface area contributed by atoms with Crippen molar-refractivity contribution in [3.05, 3.63) is 17.8 Å². The molecule has 130 valence electrons. The van der Waals surface area contributed by atoms with Crippen LogP contribution in [0.5, 0.6) is 5.88 Å². The Morgan fingerprint density at radius 2 is 1.96 bits per heavy atom. The Bertz CT molecular complexity index is 641. The van der Waals surface area contributed by atoms with Gasteiger partial charge in [0.1, 0.15) is 5.56 Å². The summed E-state index contributed by atoms with van der Waals surface area (Å²) in [6, 6.07) is 0.855. The predicted molar refractivity (Wildman–Crippen MR) is 84.8 cm³/mol. The molecule has 1 aromatic heterocycles. The van der Waals surface area contributed by atoms with Gasteiger partial charge in [0.05, 0.1) is 24.9 Å². The normalized spacial score (nSPS) is 20.0. The number of pyridine rings is 1. The second-order valence-electron chi connectivity index (χ2n) is 5.63. The van der Waals surface area contributed by atoms with E-state index in [4.69, 9.17) is 15.6 Å². The third kappa shape index (κ3) is 4.34. The van der Waals surface area contributed by atoms with E-state index in [0.29, 0.717) is 31.4 Å². The van der Waals surface area contributed by atoms with Crippen LogP contribution in [-0.2, 0) is 4.79 Å². The Balaban J connectivity index is 1.92. The lowest BCUT2D eigenvalue weighted by molar-refractivity contribution is -0.142. The van der Waals surface area contributed by atoms with Gasteiger partial charge in [-0.1, -0.05) is 0 Å². The van der Waals surface area contributed by atoms with Gasteiger partial charge in [0, 0.05) is 6.04 Å². The van der Waals surface area contributed by atoms with E-state index in [1.165, 1.54) is 19.4 Å². The summed E-state index contributed by atoms with van der Waals surface area (Å²) in [6.45, 7) is 0. The van der Waals surface area contributed by atoms with Gasteiger partial charge in [-0.05, 0) is 31.7 Å². The van der Waals surface area contributed by atoms with E-state index in [-0.39, 0.29) is 23.4 Å². The number of hydrogen-bond donors (Lipinski definition) is 4. The van der Waals surface area contributed by atoms with Crippen molar-refractivity contribution >= 4 is 23.6 Å². The fraction of sp³-hybridized carbons (Fsp3) is 0.467. The Morgan fingerprint density at radius 3 is 2.50 bits per heavy atom. The topological polar surface area (TPSA) is 144 Å². The molecule has 0 unspecified atom stereocenters. The summed E-state index contributed by atoms with van der Waals surface area (Å²) in [4.78, 5) is 38.2. The Kier molecular flexibility index (Phi) is 5.56. The second kappa shape index (κ2) is 7.62. The summed E-state index contributed by atoms with van der Waals surface area (Å²) >= 11 is 0. The molecule has 0 saturated heterocycles. The minimum Gasteiger partial charge on any atom is -0.481 e. The molecule has 2 rings (SSSR count). The highest BCUT2D eigenvalue weighted by Gasteiger charge is 2.26. The molecular weight excluding hydrogens is 316 g/mol. The van der Waals surface area contributed by atoms with Gasteiger partial charge in [-0.2, -0.15) is 0 Å². The van der Waals surface area contributed by atoms with Crippen LogP contribution in [0.3, 0.4) is 0 Å². The first-order valence-electron chi connectivity index (χ1n) is 7.55. The zero-order chi connectivity index (χ0) is 17.7. The van der Waals surface area contributed by atoms with Crippen LogP contribution in [0.1, 0.15) is 36.0 Å². The number of primary amides is 1. The zero-order valence-electron chi connectivity index (χ0n) is 13.2. The van der Waals surface area contributed by atoms with Crippen molar-refractivity contribution in [1.29, 1.82) is 0 Å². The van der Waals surface area contributed by atoms with Crippen molar-refractivity contribution in [3.63, 3.8) is 0 Å². The molecule has 5 N–H and O–H groups in total. The summed E-state index contributed by atoms with van der Waals surface area (Å²) in [5.74, 6) is -1.76. The van der Waals surface area contributed by atoms with Gasteiger partial charge in [0.2, 0.25) is 5.88 Å². The number of nitrogens with two attached hydrogens (primary N) is 1. The minimum absolute atomic E-state index is 0.0669. The summed E-state index contributed by atoms with van der Waals surface area (Å²) in [7, 11) is 1.36. The molecule has 3 amide bonds. The number of ether oxygens (including phenoxy) is 1. The van der Waals surface area contributed by atoms with E-state index in [2.05, 4.69) is 15.6 Å². The Hall–Kier alpha value is -2.84. The molecule has 24 heavy (non-hydrogen) atoms. The fourth-order valence-corrected chi connectivity index (χ4v) is 2.70. The lowest BCUT2D eigenvalue weighted by Crippen LogP contribution is -2.41. The van der Waals surface area contributed by atoms with Crippen LogP contribution < -0.4 is 21.1 Å². The van der Waals surface area contributed by atoms with Gasteiger partial charge in [-0.15, -0.1) is 0 Å². The third-order valence-corrected chi connectivity index (χ3v) is 3.98. The number of carboxylic acids is 1. The number of nitrogens with zero attached hydrogens (tertiary/aromatic N) is 1. The molecule has 1 aromatic rings. The van der Waals surface area contributed by atoms with Crippen LogP contribution in [0.15, 0.2) is 12.3 Å². The first kappa shape index (κ1) is 17.5. The number of nitrogens with one attached hydrogen (secondary N) is 2. The minimum atomic E-state index is -0.791. The van der Waals surface area contributed by atoms with Crippen molar-refractivity contribution in [1.82, 2.24) is 10.3 Å². The molecular formula is C15H20N4O5. The SMILES string of the molecule is COc1ncc(NC(=O)NC2CCC(C(=O)O)CC2)cc1C(N)=O. The number of urea groups is 1. The van der Waals surface area contributed by atoms with Crippen molar-refractivity contribution in [3.8, 4) is 5.88 Å². The number of carbonyl (C=O) groups excluding carboxylic acids is 2. The molecule has 1 heterocycles. The molecule has 1 saturated carbocycles. The average Bonchev–Trinajstić information content (AvgIpc) is 2.55. The Labute approximate surface area is 138 Å². The van der Waals surface area contributed by atoms with Gasteiger partial charge in [-0.25, -0.2) is 9.78 Å². The number of aromatic nitrogens is 1. The largest absolute Gasteiger partial charge is 0.481 e. The van der Waals surface area contributed by atoms with Crippen molar-refractivity contribution < 1.29 is 24.2 Å². The van der Waals surface area contributed by atoms with E-state index in [9.17, 15) is 14.4 Å². The fourth-order valence-electron chi connectivity index (χ4n) is 2.70. The van der Waals surface area contributed by atoms with E-state index in [1.807, 2.05) is 0 Å². The highest BCUT2D eigenvalue weighted by molar-refractivity contribution is 5.97. The van der Waals surface area contributed by atoms with E-state index in [0.717, 1.165) is 0 Å². The monoisotopic (exact) mass is 336 g/mol. The van der Waals surface area contributed by atoms with Gasteiger partial charge in [0.15, 0.2) is 0 Å². The first-order chi connectivity index (χ1) is 11.4. The average molecular weight is 336 g/mol. The summed E-state index contributed by atoms with van der Waals surface area (Å²) in [5, 5.41) is 14.3. The number of carbonyl (C=O) groups is 3. The number of rotatable bonds is 5. The van der Waals surface area contributed by atoms with Gasteiger partial charge in [0.25, 0.3) is 5.91 Å². The molecule has 0 atom stereocenters. The van der Waals surface area contributed by atoms with Gasteiger partial charge < -0.3 is 26.2 Å². The quantitative estimate of drug-likeness (QED) is 0.630. The van der Waals surface area contributed by atoms with Crippen LogP contribution in [0.25, 0.3) is 0 Å². The molecule has 9 heteroatoms. The smallest absolute Gasteiger partial charge is 0.319 e. The van der Waals surface area contributed by atoms with Crippen molar-refractivity contribution in [2.75, 3.05) is 12.4 Å². The molecule has 0 bridgehead atoms. The van der Waals surface area contributed by atoms with Crippen LogP contribution in [0.4, 0.5) is 10.5 Å². The molecule has 0 aliphatic heterocycles. The number of hydrogen-bond acceptors (Lipinski definition) is 5. The lowest BCUT2D eigenvalue weighted by Gasteiger charge is -2.26. The van der Waals surface area contributed by atoms with Crippen molar-refractivity contribution in [2.45, 2.75) is 31.7 Å². The summed E-state index contributed by atoms with van der Waals surface area (Å²) in [5.41, 5.74) is 5.62. The Morgan fingerprint density at radius 1 is 1.29 bits per heavy atom. The molecule has 1 fully saturated rings. The lowest BCUT2D eigenvalue weighted by atomic mass is 9.86. The van der Waals surface area contributed by atoms with Crippen LogP contribution in [0, 0.1) is 5.92 Å². The molecule has 0 spiro atoms. The highest BCUT2D eigenvalue weighted by atomic mass is 16.5. The van der Waals surface area contributed by atoms with Crippen molar-refractivity contribution in [2.24, 2.45) is 11.7 Å². The molecule has 0 radical (unpaired) electrons. The van der Waals surface area contributed by atoms with Crippen LogP contribution in [0.2, 0.25) is 0 Å². The van der Waals surface area contributed by atoms with Crippen LogP contribution in [-0.4, -0.2) is 41.1 Å². The number of aliphatic carboxylic acids is 1. The van der Waals surface area contributed by atoms with E-state index in [1.54, 1.807) is 0 Å². The van der Waals surface area contributed by atoms with Gasteiger partial charge >= 0.3 is 12.0 Å². The maximum Gasteiger partial charge on any atom is 0.319 e. The van der Waals surface area contributed by atoms with E-state index >= 15 is 0 Å². The highest BCUT2D eigenvalue weighted by Crippen LogP contribution is 2.24. The first-order valence-corrected chi connectivity index (χ1v) is 7.55. The molecule has 9 nitrogen and oxygen atoms in total. The molecule has 0 aromatic carbocycles. The van der Waals surface area contributed by atoms with Crippen LogP contribution >= 0.6 is 0 Å². The summed E-state index contributed by atoms with van der Waals surface area (Å²) < 4.78 is 4.93. The molecule has 1 aliphatic rings. The number of methoxy groups -OCH3 is 1. The maximum atomic E-state index is 12.0. The third-order valence-electron chi connectivity index (χ3n) is 3.98. The standard InChI is InChI=1S/C15H20N4O5/c1-24-13-11(12(16)20)6-10(7-17-13)19-15(23)18-9-4-2-8(3-5-9)14(21)22/h6-9H,2-5H2,1H3,(H2,16,20)(H,21,22)(H2,18,19,23). The van der Waals surface area contributed by atoms with E-state index < -0.39 is 17.9 Å². The summed E-state index contributed by atoms with van der Waals surface area (Å²) in [6.07, 6.45) is 3.65. The zero-order valence-corrected chi connectivity index (χ0v) is 13.2. The maximum absolute atomic E-state index is 12.0. The number of anilines is 1. The number of amides is 3.